The number of carboxylic acids is 1. The smallest absolute Gasteiger partial charge is 0.307 e. The zero-order valence-corrected chi connectivity index (χ0v) is 21.0. The summed E-state index contributed by atoms with van der Waals surface area (Å²) in [6.07, 6.45) is 6.15. The van der Waals surface area contributed by atoms with Crippen molar-refractivity contribution >= 4 is 11.8 Å². The van der Waals surface area contributed by atoms with E-state index in [4.69, 9.17) is 14.1 Å². The molecular formula is C30H31N3O4. The van der Waals surface area contributed by atoms with E-state index < -0.39 is 5.97 Å². The number of aliphatic carboxylic acids is 1. The highest BCUT2D eigenvalue weighted by atomic mass is 16.5. The molecule has 3 heterocycles. The number of benzene rings is 2. The number of hydrogen-bond donors (Lipinski definition) is 1. The predicted octanol–water partition coefficient (Wildman–Crippen LogP) is 5.95. The van der Waals surface area contributed by atoms with Crippen LogP contribution in [0.4, 0.5) is 5.82 Å². The topological polar surface area (TPSA) is 88.7 Å². The Hall–Kier alpha value is -4.13. The lowest BCUT2D eigenvalue weighted by Gasteiger charge is -2.27. The molecule has 5 rings (SSSR count). The second-order valence-electron chi connectivity index (χ2n) is 9.33. The summed E-state index contributed by atoms with van der Waals surface area (Å²) in [5, 5.41) is 9.24. The van der Waals surface area contributed by atoms with E-state index in [9.17, 15) is 9.90 Å². The predicted molar refractivity (Wildman–Crippen MR) is 143 cm³/mol. The van der Waals surface area contributed by atoms with E-state index in [0.717, 1.165) is 58.4 Å². The van der Waals surface area contributed by atoms with Crippen LogP contribution in [0.15, 0.2) is 71.3 Å². The molecule has 0 unspecified atom stereocenters. The number of ether oxygens (including phenoxy) is 1. The van der Waals surface area contributed by atoms with E-state index >= 15 is 0 Å². The molecule has 190 valence electrons. The minimum atomic E-state index is -0.851. The van der Waals surface area contributed by atoms with Gasteiger partial charge < -0.3 is 19.2 Å². The standard InChI is InChI=1S/C30H31N3O4/c1-21-27(32-30(37-21)24-12-13-28(31-20-24)33-15-5-2-6-16-33)14-17-36-25-10-7-9-22(18-25)26-11-4-3-8-23(26)19-29(34)35/h3-4,7-13,18,20H,2,5-6,14-17,19H2,1H3,(H,34,35). The summed E-state index contributed by atoms with van der Waals surface area (Å²) in [5.74, 6) is 2.22. The van der Waals surface area contributed by atoms with Crippen LogP contribution in [0.5, 0.6) is 5.75 Å². The third-order valence-corrected chi connectivity index (χ3v) is 6.68. The van der Waals surface area contributed by atoms with Gasteiger partial charge in [-0.05, 0) is 67.1 Å². The molecular weight excluding hydrogens is 466 g/mol. The third kappa shape index (κ3) is 6.00. The zero-order valence-electron chi connectivity index (χ0n) is 21.0. The third-order valence-electron chi connectivity index (χ3n) is 6.68. The first-order chi connectivity index (χ1) is 18.1. The Balaban J connectivity index is 1.22. The molecule has 0 radical (unpaired) electrons. The van der Waals surface area contributed by atoms with Crippen molar-refractivity contribution in [3.05, 3.63) is 83.9 Å². The Morgan fingerprint density at radius 2 is 1.86 bits per heavy atom. The molecule has 0 aliphatic carbocycles. The van der Waals surface area contributed by atoms with Gasteiger partial charge in [0.2, 0.25) is 5.89 Å². The van der Waals surface area contributed by atoms with Crippen molar-refractivity contribution in [2.75, 3.05) is 24.6 Å². The van der Waals surface area contributed by atoms with Gasteiger partial charge in [0, 0.05) is 25.7 Å². The average molecular weight is 498 g/mol. The normalized spacial score (nSPS) is 13.5. The number of nitrogens with zero attached hydrogens (tertiary/aromatic N) is 3. The fraction of sp³-hybridized carbons (Fsp3) is 0.300. The highest BCUT2D eigenvalue weighted by Gasteiger charge is 2.15. The van der Waals surface area contributed by atoms with Gasteiger partial charge in [0.1, 0.15) is 17.3 Å². The number of rotatable bonds is 9. The lowest BCUT2D eigenvalue weighted by molar-refractivity contribution is -0.136. The van der Waals surface area contributed by atoms with Crippen LogP contribution in [-0.4, -0.2) is 40.7 Å². The van der Waals surface area contributed by atoms with Gasteiger partial charge >= 0.3 is 5.97 Å². The number of carboxylic acid groups (broad SMARTS) is 1. The SMILES string of the molecule is Cc1oc(-c2ccc(N3CCCCC3)nc2)nc1CCOc1cccc(-c2ccccc2CC(=O)O)c1. The van der Waals surface area contributed by atoms with Crippen molar-refractivity contribution in [2.45, 2.75) is 39.0 Å². The van der Waals surface area contributed by atoms with Gasteiger partial charge in [0.05, 0.1) is 24.3 Å². The van der Waals surface area contributed by atoms with Crippen molar-refractivity contribution in [1.82, 2.24) is 9.97 Å². The van der Waals surface area contributed by atoms with Crippen molar-refractivity contribution in [3.63, 3.8) is 0 Å². The molecule has 0 atom stereocenters. The Kier molecular flexibility index (Phi) is 7.49. The summed E-state index contributed by atoms with van der Waals surface area (Å²) < 4.78 is 12.0. The van der Waals surface area contributed by atoms with E-state index in [2.05, 4.69) is 9.88 Å². The molecule has 7 nitrogen and oxygen atoms in total. The van der Waals surface area contributed by atoms with Gasteiger partial charge in [-0.15, -0.1) is 0 Å². The number of oxazole rings is 1. The Morgan fingerprint density at radius 3 is 2.65 bits per heavy atom. The second kappa shape index (κ2) is 11.3. The molecule has 2 aromatic heterocycles. The number of piperidine rings is 1. The van der Waals surface area contributed by atoms with Crippen LogP contribution < -0.4 is 9.64 Å². The molecule has 1 aliphatic rings. The van der Waals surface area contributed by atoms with Gasteiger partial charge in [0.25, 0.3) is 0 Å². The summed E-state index contributed by atoms with van der Waals surface area (Å²) in [6, 6.07) is 19.3. The number of pyridine rings is 1. The summed E-state index contributed by atoms with van der Waals surface area (Å²) in [6.45, 7) is 4.49. The molecule has 7 heteroatoms. The van der Waals surface area contributed by atoms with Crippen LogP contribution in [0, 0.1) is 6.92 Å². The van der Waals surface area contributed by atoms with E-state index in [1.165, 1.54) is 19.3 Å². The fourth-order valence-electron chi connectivity index (χ4n) is 4.74. The number of aromatic nitrogens is 2. The molecule has 1 saturated heterocycles. The van der Waals surface area contributed by atoms with Crippen LogP contribution in [0.1, 0.15) is 36.3 Å². The van der Waals surface area contributed by atoms with Crippen molar-refractivity contribution in [2.24, 2.45) is 0 Å². The van der Waals surface area contributed by atoms with Gasteiger partial charge in [-0.1, -0.05) is 36.4 Å². The first-order valence-electron chi connectivity index (χ1n) is 12.8. The molecule has 1 aliphatic heterocycles. The summed E-state index contributed by atoms with van der Waals surface area (Å²) in [7, 11) is 0. The molecule has 4 aromatic rings. The molecule has 0 spiro atoms. The highest BCUT2D eigenvalue weighted by Crippen LogP contribution is 2.28. The van der Waals surface area contributed by atoms with Gasteiger partial charge in [-0.3, -0.25) is 4.79 Å². The van der Waals surface area contributed by atoms with Crippen LogP contribution in [0.2, 0.25) is 0 Å². The largest absolute Gasteiger partial charge is 0.493 e. The minimum Gasteiger partial charge on any atom is -0.493 e. The fourth-order valence-corrected chi connectivity index (χ4v) is 4.74. The van der Waals surface area contributed by atoms with E-state index in [-0.39, 0.29) is 6.42 Å². The number of carbonyl (C=O) groups is 1. The van der Waals surface area contributed by atoms with Crippen LogP contribution in [0.3, 0.4) is 0 Å². The minimum absolute atomic E-state index is 0.0223. The van der Waals surface area contributed by atoms with E-state index in [0.29, 0.717) is 18.9 Å². The van der Waals surface area contributed by atoms with Gasteiger partial charge in [0.15, 0.2) is 0 Å². The molecule has 2 aromatic carbocycles. The second-order valence-corrected chi connectivity index (χ2v) is 9.33. The maximum absolute atomic E-state index is 11.3. The summed E-state index contributed by atoms with van der Waals surface area (Å²) in [5.41, 5.74) is 4.32. The summed E-state index contributed by atoms with van der Waals surface area (Å²) in [4.78, 5) is 22.9. The molecule has 0 amide bonds. The quantitative estimate of drug-likeness (QED) is 0.306. The van der Waals surface area contributed by atoms with Crippen LogP contribution in [-0.2, 0) is 17.6 Å². The van der Waals surface area contributed by atoms with E-state index in [1.54, 1.807) is 0 Å². The zero-order chi connectivity index (χ0) is 25.6. The Morgan fingerprint density at radius 1 is 1.03 bits per heavy atom. The summed E-state index contributed by atoms with van der Waals surface area (Å²) >= 11 is 0. The maximum Gasteiger partial charge on any atom is 0.307 e. The van der Waals surface area contributed by atoms with Crippen LogP contribution >= 0.6 is 0 Å². The van der Waals surface area contributed by atoms with Crippen molar-refractivity contribution in [1.29, 1.82) is 0 Å². The molecule has 1 fully saturated rings. The monoisotopic (exact) mass is 497 g/mol. The average Bonchev–Trinajstić information content (AvgIpc) is 3.30. The van der Waals surface area contributed by atoms with Crippen molar-refractivity contribution < 1.29 is 19.1 Å². The van der Waals surface area contributed by atoms with Gasteiger partial charge in [-0.2, -0.15) is 0 Å². The Bertz CT molecular complexity index is 1360. The Labute approximate surface area is 216 Å². The lowest BCUT2D eigenvalue weighted by Crippen LogP contribution is -2.29. The molecule has 0 saturated carbocycles. The molecule has 0 bridgehead atoms. The van der Waals surface area contributed by atoms with Gasteiger partial charge in [-0.25, -0.2) is 9.97 Å². The first-order valence-corrected chi connectivity index (χ1v) is 12.8. The number of hydrogen-bond acceptors (Lipinski definition) is 6. The molecule has 37 heavy (non-hydrogen) atoms. The highest BCUT2D eigenvalue weighted by molar-refractivity contribution is 5.77. The van der Waals surface area contributed by atoms with Crippen LogP contribution in [0.25, 0.3) is 22.6 Å². The van der Waals surface area contributed by atoms with E-state index in [1.807, 2.05) is 73.8 Å². The lowest BCUT2D eigenvalue weighted by atomic mass is 9.97. The molecule has 1 N–H and O–H groups in total. The number of anilines is 1. The first kappa shape index (κ1) is 24.6. The number of aryl methyl sites for hydroxylation is 1. The maximum atomic E-state index is 11.3. The van der Waals surface area contributed by atoms with Crippen molar-refractivity contribution in [3.8, 4) is 28.3 Å².